The Kier molecular flexibility index (Phi) is 7.87. The lowest BCUT2D eigenvalue weighted by molar-refractivity contribution is 0.696. The fourth-order valence-corrected chi connectivity index (χ4v) is 5.04. The van der Waals surface area contributed by atoms with Crippen molar-refractivity contribution in [3.05, 3.63) is 24.6 Å². The van der Waals surface area contributed by atoms with E-state index in [0.717, 1.165) is 0 Å². The fraction of sp³-hybridized carbons (Fsp3) is 0.692. The van der Waals surface area contributed by atoms with Gasteiger partial charge in [0, 0.05) is 0 Å². The Morgan fingerprint density at radius 2 is 1.50 bits per heavy atom. The molecule has 0 aliphatic carbocycles. The van der Waals surface area contributed by atoms with Crippen molar-refractivity contribution in [2.45, 2.75) is 58.0 Å². The Morgan fingerprint density at radius 1 is 0.857 bits per heavy atom. The van der Waals surface area contributed by atoms with Crippen LogP contribution in [0.25, 0.3) is 0 Å². The summed E-state index contributed by atoms with van der Waals surface area (Å²) in [5, 5.41) is 0. The first-order valence-corrected chi connectivity index (χ1v) is 8.58. The SMILES string of the molecule is C=C[Si](C=C)(CCC)CCCCCC. The Hall–Kier alpha value is -0.303. The molecule has 0 spiro atoms. The second-order valence-corrected chi connectivity index (χ2v) is 8.48. The average molecular weight is 210 g/mol. The molecule has 0 unspecified atom stereocenters. The fourth-order valence-electron chi connectivity index (χ4n) is 1.96. The van der Waals surface area contributed by atoms with Gasteiger partial charge in [-0.1, -0.05) is 69.4 Å². The van der Waals surface area contributed by atoms with Gasteiger partial charge in [0.15, 0.2) is 0 Å². The van der Waals surface area contributed by atoms with Crippen molar-refractivity contribution >= 4 is 8.07 Å². The zero-order valence-corrected chi connectivity index (χ0v) is 11.0. The topological polar surface area (TPSA) is 0 Å². The quantitative estimate of drug-likeness (QED) is 0.376. The number of hydrogen-bond acceptors (Lipinski definition) is 0. The molecule has 0 nitrogen and oxygen atoms in total. The lowest BCUT2D eigenvalue weighted by Gasteiger charge is -2.23. The third-order valence-electron chi connectivity index (χ3n) is 3.02. The summed E-state index contributed by atoms with van der Waals surface area (Å²) in [6.45, 7) is 12.6. The molecule has 82 valence electrons. The van der Waals surface area contributed by atoms with Crippen LogP contribution < -0.4 is 0 Å². The number of unbranched alkanes of at least 4 members (excludes halogenated alkanes) is 3. The van der Waals surface area contributed by atoms with Crippen LogP contribution >= 0.6 is 0 Å². The molecule has 0 bridgehead atoms. The van der Waals surface area contributed by atoms with E-state index >= 15 is 0 Å². The minimum Gasteiger partial charge on any atom is -0.107 e. The van der Waals surface area contributed by atoms with Crippen LogP contribution in [-0.4, -0.2) is 8.07 Å². The van der Waals surface area contributed by atoms with Crippen molar-refractivity contribution < 1.29 is 0 Å². The summed E-state index contributed by atoms with van der Waals surface area (Å²) in [5.74, 6) is 0. The van der Waals surface area contributed by atoms with Crippen molar-refractivity contribution in [2.24, 2.45) is 0 Å². The number of rotatable bonds is 9. The second kappa shape index (κ2) is 8.04. The second-order valence-electron chi connectivity index (χ2n) is 4.20. The molecule has 0 heterocycles. The van der Waals surface area contributed by atoms with Crippen LogP contribution in [0.1, 0.15) is 46.0 Å². The summed E-state index contributed by atoms with van der Waals surface area (Å²) >= 11 is 0. The Bertz CT molecular complexity index is 153. The smallest absolute Gasteiger partial charge is 0.100 e. The molecular weight excluding hydrogens is 184 g/mol. The van der Waals surface area contributed by atoms with Gasteiger partial charge < -0.3 is 0 Å². The first-order valence-electron chi connectivity index (χ1n) is 6.02. The van der Waals surface area contributed by atoms with Crippen molar-refractivity contribution in [1.82, 2.24) is 0 Å². The molecular formula is C13H26Si. The monoisotopic (exact) mass is 210 g/mol. The van der Waals surface area contributed by atoms with Crippen LogP contribution in [0.5, 0.6) is 0 Å². The van der Waals surface area contributed by atoms with Gasteiger partial charge in [-0.05, 0) is 0 Å². The molecule has 0 rings (SSSR count). The summed E-state index contributed by atoms with van der Waals surface area (Å²) < 4.78 is 0. The van der Waals surface area contributed by atoms with Gasteiger partial charge in [-0.15, -0.1) is 13.2 Å². The van der Waals surface area contributed by atoms with Crippen LogP contribution in [0.2, 0.25) is 12.1 Å². The van der Waals surface area contributed by atoms with Crippen LogP contribution in [0.3, 0.4) is 0 Å². The highest BCUT2D eigenvalue weighted by Crippen LogP contribution is 2.23. The highest BCUT2D eigenvalue weighted by molar-refractivity contribution is 6.88. The molecule has 1 heteroatoms. The van der Waals surface area contributed by atoms with Crippen LogP contribution in [0.4, 0.5) is 0 Å². The predicted octanol–water partition coefficient (Wildman–Crippen LogP) is 4.88. The molecule has 14 heavy (non-hydrogen) atoms. The third-order valence-corrected chi connectivity index (χ3v) is 7.37. The molecule has 0 fully saturated rings. The van der Waals surface area contributed by atoms with E-state index in [1.54, 1.807) is 0 Å². The molecule has 0 saturated heterocycles. The minimum atomic E-state index is -1.27. The Morgan fingerprint density at radius 3 is 1.93 bits per heavy atom. The van der Waals surface area contributed by atoms with Gasteiger partial charge in [0.25, 0.3) is 0 Å². The summed E-state index contributed by atoms with van der Waals surface area (Å²) in [6, 6.07) is 2.71. The van der Waals surface area contributed by atoms with Gasteiger partial charge in [-0.25, -0.2) is 0 Å². The molecule has 0 aliphatic rings. The van der Waals surface area contributed by atoms with Crippen molar-refractivity contribution in [2.75, 3.05) is 0 Å². The molecule has 0 aromatic heterocycles. The Balaban J connectivity index is 3.94. The summed E-state index contributed by atoms with van der Waals surface area (Å²) in [4.78, 5) is 0. The molecule has 0 saturated carbocycles. The van der Waals surface area contributed by atoms with Gasteiger partial charge in [0.05, 0.1) is 0 Å². The van der Waals surface area contributed by atoms with Crippen molar-refractivity contribution in [3.8, 4) is 0 Å². The van der Waals surface area contributed by atoms with Gasteiger partial charge in [-0.2, -0.15) is 0 Å². The molecule has 0 radical (unpaired) electrons. The van der Waals surface area contributed by atoms with E-state index < -0.39 is 8.07 Å². The van der Waals surface area contributed by atoms with Gasteiger partial charge in [0.2, 0.25) is 0 Å². The van der Waals surface area contributed by atoms with E-state index in [1.165, 1.54) is 44.2 Å². The van der Waals surface area contributed by atoms with Crippen LogP contribution in [-0.2, 0) is 0 Å². The van der Waals surface area contributed by atoms with E-state index in [9.17, 15) is 0 Å². The summed E-state index contributed by atoms with van der Waals surface area (Å²) in [5.41, 5.74) is 4.46. The zero-order chi connectivity index (χ0) is 10.9. The Labute approximate surface area is 91.1 Å². The van der Waals surface area contributed by atoms with E-state index in [4.69, 9.17) is 0 Å². The van der Waals surface area contributed by atoms with Crippen molar-refractivity contribution in [3.63, 3.8) is 0 Å². The van der Waals surface area contributed by atoms with E-state index in [-0.39, 0.29) is 0 Å². The molecule has 0 aromatic rings. The highest BCUT2D eigenvalue weighted by Gasteiger charge is 2.23. The summed E-state index contributed by atoms with van der Waals surface area (Å²) in [7, 11) is -1.27. The van der Waals surface area contributed by atoms with Crippen LogP contribution in [0.15, 0.2) is 24.6 Å². The standard InChI is InChI=1S/C13H26Si/c1-5-9-10-11-13-14(7-3,8-4)12-6-2/h7-8H,3-6,9-13H2,1-2H3. The molecule has 0 aromatic carbocycles. The van der Waals surface area contributed by atoms with Crippen LogP contribution in [0, 0.1) is 0 Å². The average Bonchev–Trinajstić information content (AvgIpc) is 2.23. The first kappa shape index (κ1) is 13.7. The van der Waals surface area contributed by atoms with E-state index in [1.807, 2.05) is 0 Å². The molecule has 0 N–H and O–H groups in total. The summed E-state index contributed by atoms with van der Waals surface area (Å²) in [6.07, 6.45) is 6.74. The molecule has 0 atom stereocenters. The highest BCUT2D eigenvalue weighted by atomic mass is 28.3. The van der Waals surface area contributed by atoms with Gasteiger partial charge in [-0.3, -0.25) is 0 Å². The maximum Gasteiger partial charge on any atom is 0.100 e. The van der Waals surface area contributed by atoms with E-state index in [2.05, 4.69) is 38.4 Å². The largest absolute Gasteiger partial charge is 0.107 e. The number of hydrogen-bond donors (Lipinski definition) is 0. The molecule has 0 aliphatic heterocycles. The van der Waals surface area contributed by atoms with Crippen molar-refractivity contribution in [1.29, 1.82) is 0 Å². The maximum atomic E-state index is 4.01. The van der Waals surface area contributed by atoms with Gasteiger partial charge in [0.1, 0.15) is 8.07 Å². The lowest BCUT2D eigenvalue weighted by atomic mass is 10.2. The zero-order valence-electron chi connectivity index (χ0n) is 10.0. The normalized spacial score (nSPS) is 11.3. The van der Waals surface area contributed by atoms with E-state index in [0.29, 0.717) is 0 Å². The lowest BCUT2D eigenvalue weighted by Crippen LogP contribution is -2.28. The third kappa shape index (κ3) is 4.80. The maximum absolute atomic E-state index is 4.01. The predicted molar refractivity (Wildman–Crippen MR) is 70.2 cm³/mol. The molecule has 0 amide bonds. The first-order chi connectivity index (χ1) is 6.74. The minimum absolute atomic E-state index is 1.27. The van der Waals surface area contributed by atoms with Gasteiger partial charge >= 0.3 is 0 Å².